The number of hydrogen-bond donors (Lipinski definition) is 0. The standard InChI is InChI=1S/C20H21FO2/c1-14-2-4-17(5-3-14)20(22)23-19-12-8-16(9-13-19)15-6-10-18(21)11-7-15/h6-14,17H,2-5H2,1H3/t14-,17-. The fourth-order valence-electron chi connectivity index (χ4n) is 3.05. The van der Waals surface area contributed by atoms with Crippen molar-refractivity contribution in [2.75, 3.05) is 0 Å². The third kappa shape index (κ3) is 3.98. The number of ether oxygens (including phenoxy) is 1. The van der Waals surface area contributed by atoms with E-state index in [1.54, 1.807) is 24.3 Å². The van der Waals surface area contributed by atoms with Crippen molar-refractivity contribution in [2.24, 2.45) is 11.8 Å². The lowest BCUT2D eigenvalue weighted by atomic mass is 9.83. The summed E-state index contributed by atoms with van der Waals surface area (Å²) < 4.78 is 18.5. The highest BCUT2D eigenvalue weighted by molar-refractivity contribution is 5.75. The van der Waals surface area contributed by atoms with Crippen molar-refractivity contribution in [3.8, 4) is 16.9 Å². The number of benzene rings is 2. The Morgan fingerprint density at radius 2 is 1.43 bits per heavy atom. The van der Waals surface area contributed by atoms with Gasteiger partial charge in [-0.05, 0) is 67.0 Å². The molecule has 2 nitrogen and oxygen atoms in total. The van der Waals surface area contributed by atoms with Gasteiger partial charge in [-0.15, -0.1) is 0 Å². The van der Waals surface area contributed by atoms with E-state index in [2.05, 4.69) is 6.92 Å². The first-order valence-electron chi connectivity index (χ1n) is 8.19. The van der Waals surface area contributed by atoms with E-state index in [-0.39, 0.29) is 17.7 Å². The Morgan fingerprint density at radius 1 is 0.913 bits per heavy atom. The van der Waals surface area contributed by atoms with E-state index in [1.165, 1.54) is 12.1 Å². The van der Waals surface area contributed by atoms with Gasteiger partial charge in [0.1, 0.15) is 11.6 Å². The molecule has 3 rings (SSSR count). The van der Waals surface area contributed by atoms with Crippen LogP contribution < -0.4 is 4.74 Å². The molecule has 2 aromatic carbocycles. The van der Waals surface area contributed by atoms with Crippen LogP contribution in [-0.4, -0.2) is 5.97 Å². The van der Waals surface area contributed by atoms with Crippen molar-refractivity contribution in [2.45, 2.75) is 32.6 Å². The van der Waals surface area contributed by atoms with Crippen molar-refractivity contribution in [1.82, 2.24) is 0 Å². The molecule has 1 aliphatic rings. The highest BCUT2D eigenvalue weighted by atomic mass is 19.1. The van der Waals surface area contributed by atoms with E-state index in [0.717, 1.165) is 36.8 Å². The quantitative estimate of drug-likeness (QED) is 0.573. The maximum absolute atomic E-state index is 13.0. The summed E-state index contributed by atoms with van der Waals surface area (Å²) in [5, 5.41) is 0. The molecule has 0 atom stereocenters. The first kappa shape index (κ1) is 15.7. The van der Waals surface area contributed by atoms with Gasteiger partial charge in [-0.3, -0.25) is 4.79 Å². The van der Waals surface area contributed by atoms with Crippen LogP contribution in [0.5, 0.6) is 5.75 Å². The van der Waals surface area contributed by atoms with Gasteiger partial charge in [0.25, 0.3) is 0 Å². The minimum atomic E-state index is -0.249. The summed E-state index contributed by atoms with van der Waals surface area (Å²) in [6.45, 7) is 2.23. The largest absolute Gasteiger partial charge is 0.426 e. The number of hydrogen-bond acceptors (Lipinski definition) is 2. The summed E-state index contributed by atoms with van der Waals surface area (Å²) in [6, 6.07) is 13.7. The number of carbonyl (C=O) groups excluding carboxylic acids is 1. The fraction of sp³-hybridized carbons (Fsp3) is 0.350. The van der Waals surface area contributed by atoms with Crippen LogP contribution in [0, 0.1) is 17.7 Å². The maximum Gasteiger partial charge on any atom is 0.314 e. The highest BCUT2D eigenvalue weighted by Gasteiger charge is 2.25. The molecule has 0 spiro atoms. The number of esters is 1. The van der Waals surface area contributed by atoms with Crippen LogP contribution in [0.2, 0.25) is 0 Å². The van der Waals surface area contributed by atoms with Crippen LogP contribution >= 0.6 is 0 Å². The average Bonchev–Trinajstić information content (AvgIpc) is 2.57. The molecule has 0 heterocycles. The summed E-state index contributed by atoms with van der Waals surface area (Å²) in [5.74, 6) is 0.948. The Balaban J connectivity index is 1.63. The molecular weight excluding hydrogens is 291 g/mol. The first-order valence-corrected chi connectivity index (χ1v) is 8.19. The molecule has 0 aromatic heterocycles. The maximum atomic E-state index is 13.0. The average molecular weight is 312 g/mol. The van der Waals surface area contributed by atoms with Gasteiger partial charge in [-0.2, -0.15) is 0 Å². The summed E-state index contributed by atoms with van der Waals surface area (Å²) >= 11 is 0. The minimum absolute atomic E-state index is 0.0305. The van der Waals surface area contributed by atoms with E-state index < -0.39 is 0 Å². The molecule has 0 radical (unpaired) electrons. The Bertz CT molecular complexity index is 653. The van der Waals surface area contributed by atoms with Gasteiger partial charge < -0.3 is 4.74 Å². The topological polar surface area (TPSA) is 26.3 Å². The second-order valence-electron chi connectivity index (χ2n) is 6.41. The zero-order chi connectivity index (χ0) is 16.2. The van der Waals surface area contributed by atoms with Gasteiger partial charge in [0.05, 0.1) is 5.92 Å². The van der Waals surface area contributed by atoms with Crippen LogP contribution in [0.4, 0.5) is 4.39 Å². The highest BCUT2D eigenvalue weighted by Crippen LogP contribution is 2.30. The van der Waals surface area contributed by atoms with Crippen LogP contribution in [0.25, 0.3) is 11.1 Å². The second-order valence-corrected chi connectivity index (χ2v) is 6.41. The molecule has 1 fully saturated rings. The van der Waals surface area contributed by atoms with Crippen LogP contribution in [0.1, 0.15) is 32.6 Å². The Hall–Kier alpha value is -2.16. The summed E-state index contributed by atoms with van der Waals surface area (Å²) in [5.41, 5.74) is 1.90. The molecular formula is C20H21FO2. The zero-order valence-electron chi connectivity index (χ0n) is 13.3. The lowest BCUT2D eigenvalue weighted by Crippen LogP contribution is -2.24. The van der Waals surface area contributed by atoms with Crippen molar-refractivity contribution in [3.05, 3.63) is 54.3 Å². The van der Waals surface area contributed by atoms with Gasteiger partial charge in [-0.25, -0.2) is 4.39 Å². The summed E-state index contributed by atoms with van der Waals surface area (Å²) in [4.78, 5) is 12.2. The van der Waals surface area contributed by atoms with Gasteiger partial charge >= 0.3 is 5.97 Å². The van der Waals surface area contributed by atoms with Gasteiger partial charge in [0.2, 0.25) is 0 Å². The monoisotopic (exact) mass is 312 g/mol. The normalized spacial score (nSPS) is 21.0. The predicted molar refractivity (Wildman–Crippen MR) is 88.6 cm³/mol. The molecule has 120 valence electrons. The van der Waals surface area contributed by atoms with E-state index in [1.807, 2.05) is 12.1 Å². The van der Waals surface area contributed by atoms with E-state index >= 15 is 0 Å². The fourth-order valence-corrected chi connectivity index (χ4v) is 3.05. The Morgan fingerprint density at radius 3 is 2.00 bits per heavy atom. The summed E-state index contributed by atoms with van der Waals surface area (Å²) in [7, 11) is 0. The second kappa shape index (κ2) is 6.95. The lowest BCUT2D eigenvalue weighted by Gasteiger charge is -2.24. The van der Waals surface area contributed by atoms with Crippen molar-refractivity contribution in [3.63, 3.8) is 0 Å². The molecule has 2 aromatic rings. The van der Waals surface area contributed by atoms with Gasteiger partial charge in [0.15, 0.2) is 0 Å². The molecule has 0 N–H and O–H groups in total. The van der Waals surface area contributed by atoms with Gasteiger partial charge in [-0.1, -0.05) is 31.2 Å². The third-order valence-electron chi connectivity index (χ3n) is 4.60. The molecule has 0 unspecified atom stereocenters. The molecule has 0 amide bonds. The third-order valence-corrected chi connectivity index (χ3v) is 4.60. The smallest absolute Gasteiger partial charge is 0.314 e. The Labute approximate surface area is 136 Å². The molecule has 0 saturated heterocycles. The first-order chi connectivity index (χ1) is 11.1. The number of carbonyl (C=O) groups is 1. The predicted octanol–water partition coefficient (Wildman–Crippen LogP) is 5.22. The zero-order valence-corrected chi connectivity index (χ0v) is 13.3. The van der Waals surface area contributed by atoms with E-state index in [9.17, 15) is 9.18 Å². The van der Waals surface area contributed by atoms with Crippen LogP contribution in [0.3, 0.4) is 0 Å². The van der Waals surface area contributed by atoms with Crippen molar-refractivity contribution < 1.29 is 13.9 Å². The van der Waals surface area contributed by atoms with E-state index in [4.69, 9.17) is 4.74 Å². The molecule has 23 heavy (non-hydrogen) atoms. The van der Waals surface area contributed by atoms with Crippen molar-refractivity contribution in [1.29, 1.82) is 0 Å². The lowest BCUT2D eigenvalue weighted by molar-refractivity contribution is -0.140. The molecule has 1 aliphatic carbocycles. The van der Waals surface area contributed by atoms with Gasteiger partial charge in [0, 0.05) is 0 Å². The van der Waals surface area contributed by atoms with Crippen LogP contribution in [-0.2, 0) is 4.79 Å². The van der Waals surface area contributed by atoms with E-state index in [0.29, 0.717) is 11.7 Å². The summed E-state index contributed by atoms with van der Waals surface area (Å²) in [6.07, 6.45) is 4.05. The van der Waals surface area contributed by atoms with Crippen molar-refractivity contribution >= 4 is 5.97 Å². The number of rotatable bonds is 3. The molecule has 1 saturated carbocycles. The molecule has 0 aliphatic heterocycles. The number of halogens is 1. The SMILES string of the molecule is C[C@H]1CC[C@H](C(=O)Oc2ccc(-c3ccc(F)cc3)cc2)CC1. The Kier molecular flexibility index (Phi) is 4.75. The minimum Gasteiger partial charge on any atom is -0.426 e. The van der Waals surface area contributed by atoms with Crippen LogP contribution in [0.15, 0.2) is 48.5 Å². The molecule has 0 bridgehead atoms. The molecule has 3 heteroatoms.